The lowest BCUT2D eigenvalue weighted by Crippen LogP contribution is -2.04. The highest BCUT2D eigenvalue weighted by Crippen LogP contribution is 2.28. The number of anilines is 4. The van der Waals surface area contributed by atoms with Gasteiger partial charge in [0.2, 0.25) is 0 Å². The molecule has 3 aromatic heterocycles. The molecule has 6 rings (SSSR count). The third-order valence-electron chi connectivity index (χ3n) is 7.27. The van der Waals surface area contributed by atoms with Gasteiger partial charge in [0.1, 0.15) is 6.33 Å². The van der Waals surface area contributed by atoms with Crippen LogP contribution in [0.4, 0.5) is 31.5 Å². The molecule has 12 heteroatoms. The molecular weight excluding hydrogens is 630 g/mol. The number of hydrogen-bond acceptors (Lipinski definition) is 8. The van der Waals surface area contributed by atoms with E-state index in [1.54, 1.807) is 61.9 Å². The Morgan fingerprint density at radius 2 is 1.27 bits per heavy atom. The molecule has 0 amide bonds. The molecule has 3 aromatic carbocycles. The summed E-state index contributed by atoms with van der Waals surface area (Å²) in [4.78, 5) is 39.3. The molecule has 0 bridgehead atoms. The number of carboxylic acid groups (broad SMARTS) is 2. The van der Waals surface area contributed by atoms with Crippen LogP contribution in [0.25, 0.3) is 22.5 Å². The molecule has 0 saturated carbocycles. The summed E-state index contributed by atoms with van der Waals surface area (Å²) in [5.74, 6) is -3.91. The number of carboxylic acids is 2. The monoisotopic (exact) mass is 660 g/mol. The van der Waals surface area contributed by atoms with Crippen molar-refractivity contribution in [2.45, 2.75) is 20.8 Å². The molecule has 0 fully saturated rings. The second-order valence-corrected chi connectivity index (χ2v) is 11.0. The fraction of sp³-hybridized carbons (Fsp3) is 0.0811. The van der Waals surface area contributed by atoms with E-state index in [4.69, 9.17) is 0 Å². The van der Waals surface area contributed by atoms with Gasteiger partial charge in [-0.1, -0.05) is 29.3 Å². The van der Waals surface area contributed by atoms with Crippen LogP contribution in [0.15, 0.2) is 104 Å². The van der Waals surface area contributed by atoms with Gasteiger partial charge in [-0.25, -0.2) is 28.3 Å². The number of benzene rings is 3. The van der Waals surface area contributed by atoms with Crippen molar-refractivity contribution in [3.8, 4) is 22.5 Å². The molecule has 0 aliphatic carbocycles. The van der Waals surface area contributed by atoms with Gasteiger partial charge in [-0.2, -0.15) is 0 Å². The smallest absolute Gasteiger partial charge is 0.337 e. The first-order valence-electron chi connectivity index (χ1n) is 14.8. The number of aromatic carboxylic acids is 2. The molecule has 0 radical (unpaired) electrons. The molecule has 0 aliphatic rings. The standard InChI is InChI=1S/C19H14F2N2O2.C18H16N4O2/c1-11-5-7-17(14(9-11)19(24)25)23-12-6-8-16(22-10-12)13-3-2-4-15(20)18(13)21;1-11-3-4-16(15(5-11)18(23)24)22-14-6-12(2)17(21-9-14)13-7-19-10-20-8-13/h2-10,23H,1H3,(H,24,25);3-10,22H,1-2H3,(H,23,24). The van der Waals surface area contributed by atoms with Crippen molar-refractivity contribution in [2.24, 2.45) is 0 Å². The van der Waals surface area contributed by atoms with Crippen molar-refractivity contribution in [1.29, 1.82) is 0 Å². The Kier molecular flexibility index (Phi) is 10.3. The molecule has 246 valence electrons. The van der Waals surface area contributed by atoms with E-state index >= 15 is 0 Å². The third kappa shape index (κ3) is 8.24. The zero-order valence-electron chi connectivity index (χ0n) is 26.6. The van der Waals surface area contributed by atoms with Crippen LogP contribution in [0.2, 0.25) is 0 Å². The van der Waals surface area contributed by atoms with E-state index in [9.17, 15) is 28.6 Å². The summed E-state index contributed by atoms with van der Waals surface area (Å²) in [6.07, 6.45) is 7.99. The highest BCUT2D eigenvalue weighted by Gasteiger charge is 2.14. The van der Waals surface area contributed by atoms with Gasteiger partial charge in [-0.15, -0.1) is 0 Å². The molecular formula is C37H30F2N6O4. The van der Waals surface area contributed by atoms with Gasteiger partial charge in [0.25, 0.3) is 0 Å². The Morgan fingerprint density at radius 3 is 1.82 bits per heavy atom. The molecule has 0 spiro atoms. The predicted octanol–water partition coefficient (Wildman–Crippen LogP) is 8.37. The van der Waals surface area contributed by atoms with Crippen molar-refractivity contribution in [2.75, 3.05) is 10.6 Å². The maximum absolute atomic E-state index is 13.8. The lowest BCUT2D eigenvalue weighted by Gasteiger charge is -2.12. The number of rotatable bonds is 8. The van der Waals surface area contributed by atoms with Crippen LogP contribution in [0.1, 0.15) is 37.4 Å². The predicted molar refractivity (Wildman–Crippen MR) is 182 cm³/mol. The molecule has 0 atom stereocenters. The Labute approximate surface area is 280 Å². The second kappa shape index (κ2) is 14.9. The summed E-state index contributed by atoms with van der Waals surface area (Å²) >= 11 is 0. The molecule has 3 heterocycles. The summed E-state index contributed by atoms with van der Waals surface area (Å²) in [5, 5.41) is 24.7. The molecule has 0 aliphatic heterocycles. The van der Waals surface area contributed by atoms with Crippen molar-refractivity contribution in [1.82, 2.24) is 19.9 Å². The first kappa shape index (κ1) is 33.8. The van der Waals surface area contributed by atoms with Gasteiger partial charge in [0.15, 0.2) is 11.6 Å². The average molecular weight is 661 g/mol. The lowest BCUT2D eigenvalue weighted by atomic mass is 10.1. The Hall–Kier alpha value is -6.56. The van der Waals surface area contributed by atoms with E-state index in [2.05, 4.69) is 30.6 Å². The highest BCUT2D eigenvalue weighted by atomic mass is 19.2. The van der Waals surface area contributed by atoms with Gasteiger partial charge >= 0.3 is 11.9 Å². The van der Waals surface area contributed by atoms with Crippen molar-refractivity contribution >= 4 is 34.7 Å². The number of nitrogens with zero attached hydrogens (tertiary/aromatic N) is 4. The zero-order chi connectivity index (χ0) is 35.1. The zero-order valence-corrected chi connectivity index (χ0v) is 26.6. The number of pyridine rings is 2. The van der Waals surface area contributed by atoms with Crippen molar-refractivity contribution < 1.29 is 28.6 Å². The summed E-state index contributed by atoms with van der Waals surface area (Å²) in [6, 6.07) is 19.3. The van der Waals surface area contributed by atoms with E-state index < -0.39 is 23.6 Å². The second-order valence-electron chi connectivity index (χ2n) is 11.0. The molecule has 49 heavy (non-hydrogen) atoms. The largest absolute Gasteiger partial charge is 0.478 e. The Morgan fingerprint density at radius 1 is 0.673 bits per heavy atom. The molecule has 0 unspecified atom stereocenters. The van der Waals surface area contributed by atoms with Crippen LogP contribution < -0.4 is 10.6 Å². The number of hydrogen-bond donors (Lipinski definition) is 4. The number of carbonyl (C=O) groups is 2. The van der Waals surface area contributed by atoms with Crippen LogP contribution in [0, 0.1) is 32.4 Å². The quantitative estimate of drug-likeness (QED) is 0.125. The van der Waals surface area contributed by atoms with E-state index in [1.165, 1.54) is 30.7 Å². The SMILES string of the molecule is Cc1ccc(Nc2ccc(-c3cccc(F)c3F)nc2)c(C(=O)O)c1.Cc1ccc(Nc2cnc(-c3cncnc3)c(C)c2)c(C(=O)O)c1. The van der Waals surface area contributed by atoms with Crippen molar-refractivity contribution in [3.05, 3.63) is 143 Å². The fourth-order valence-corrected chi connectivity index (χ4v) is 4.89. The molecule has 10 nitrogen and oxygen atoms in total. The van der Waals surface area contributed by atoms with Crippen LogP contribution >= 0.6 is 0 Å². The Balaban J connectivity index is 0.000000191. The maximum atomic E-state index is 13.8. The highest BCUT2D eigenvalue weighted by molar-refractivity contribution is 5.96. The van der Waals surface area contributed by atoms with E-state index in [0.29, 0.717) is 17.1 Å². The lowest BCUT2D eigenvalue weighted by molar-refractivity contribution is 0.0687. The summed E-state index contributed by atoms with van der Waals surface area (Å²) in [7, 11) is 0. The van der Waals surface area contributed by atoms with E-state index in [1.807, 2.05) is 26.0 Å². The van der Waals surface area contributed by atoms with Gasteiger partial charge in [0.05, 0.1) is 57.7 Å². The fourth-order valence-electron chi connectivity index (χ4n) is 4.89. The van der Waals surface area contributed by atoms with Crippen LogP contribution in [0.3, 0.4) is 0 Å². The normalized spacial score (nSPS) is 10.5. The summed E-state index contributed by atoms with van der Waals surface area (Å²) in [5.41, 5.74) is 7.22. The number of halogens is 2. The van der Waals surface area contributed by atoms with Gasteiger partial charge in [-0.05, 0) is 80.9 Å². The topological polar surface area (TPSA) is 150 Å². The number of nitrogens with one attached hydrogen (secondary N) is 2. The Bertz CT molecular complexity index is 2140. The number of aromatic nitrogens is 4. The van der Waals surface area contributed by atoms with Crippen LogP contribution in [0.5, 0.6) is 0 Å². The first-order valence-corrected chi connectivity index (χ1v) is 14.8. The van der Waals surface area contributed by atoms with Crippen LogP contribution in [-0.4, -0.2) is 42.1 Å². The first-order chi connectivity index (χ1) is 23.5. The minimum Gasteiger partial charge on any atom is -0.478 e. The minimum absolute atomic E-state index is 0.0631. The van der Waals surface area contributed by atoms with Gasteiger partial charge in [0, 0.05) is 23.5 Å². The van der Waals surface area contributed by atoms with Gasteiger partial charge in [-0.3, -0.25) is 9.97 Å². The third-order valence-corrected chi connectivity index (χ3v) is 7.27. The number of aryl methyl sites for hydroxylation is 3. The van der Waals surface area contributed by atoms with Crippen molar-refractivity contribution in [3.63, 3.8) is 0 Å². The van der Waals surface area contributed by atoms with E-state index in [-0.39, 0.29) is 22.4 Å². The minimum atomic E-state index is -1.04. The summed E-state index contributed by atoms with van der Waals surface area (Å²) < 4.78 is 27.1. The molecule has 4 N–H and O–H groups in total. The molecule has 0 saturated heterocycles. The van der Waals surface area contributed by atoms with Gasteiger partial charge < -0.3 is 20.8 Å². The van der Waals surface area contributed by atoms with Crippen LogP contribution in [-0.2, 0) is 0 Å². The maximum Gasteiger partial charge on any atom is 0.337 e. The summed E-state index contributed by atoms with van der Waals surface area (Å²) in [6.45, 7) is 5.60. The average Bonchev–Trinajstić information content (AvgIpc) is 3.08. The molecule has 6 aromatic rings. The van der Waals surface area contributed by atoms with E-state index in [0.717, 1.165) is 39.7 Å².